The van der Waals surface area contributed by atoms with Crippen LogP contribution in [0, 0.1) is 12.8 Å². The fourth-order valence-electron chi connectivity index (χ4n) is 5.47. The summed E-state index contributed by atoms with van der Waals surface area (Å²) in [5, 5.41) is 7.30. The molecule has 2 N–H and O–H groups in total. The van der Waals surface area contributed by atoms with Gasteiger partial charge in [0.2, 0.25) is 0 Å². The number of rotatable bonds is 5. The van der Waals surface area contributed by atoms with E-state index in [0.29, 0.717) is 12.0 Å². The zero-order valence-electron chi connectivity index (χ0n) is 18.9. The molecule has 30 heavy (non-hydrogen) atoms. The number of aryl methyl sites for hydroxylation is 1. The fraction of sp³-hybridized carbons (Fsp3) is 0.720. The Balaban J connectivity index is 1.26. The number of aliphatic imine (C=N–C) groups is 1. The van der Waals surface area contributed by atoms with Gasteiger partial charge in [-0.15, -0.1) is 0 Å². The largest absolute Gasteiger partial charge is 0.373 e. The number of hydrogen-bond acceptors (Lipinski definition) is 3. The Labute approximate surface area is 182 Å². The summed E-state index contributed by atoms with van der Waals surface area (Å²) in [5.74, 6) is 1.42. The van der Waals surface area contributed by atoms with Gasteiger partial charge in [-0.3, -0.25) is 4.99 Å². The molecular weight excluding hydrogens is 372 g/mol. The Morgan fingerprint density at radius 3 is 2.47 bits per heavy atom. The molecule has 1 aromatic rings. The Morgan fingerprint density at radius 2 is 1.77 bits per heavy atom. The lowest BCUT2D eigenvalue weighted by Crippen LogP contribution is -2.51. The summed E-state index contributed by atoms with van der Waals surface area (Å²) in [6.07, 6.45) is 10.6. The SMILES string of the molecule is CN=C(NCC1CCCOC1c1ccc(C)cc1)NC1CCN(C2CCCC2)CC1. The average Bonchev–Trinajstić information content (AvgIpc) is 3.33. The maximum Gasteiger partial charge on any atom is 0.191 e. The summed E-state index contributed by atoms with van der Waals surface area (Å²) in [6.45, 7) is 6.36. The van der Waals surface area contributed by atoms with Crippen LogP contribution in [0.4, 0.5) is 0 Å². The van der Waals surface area contributed by atoms with Crippen LogP contribution in [0.15, 0.2) is 29.3 Å². The third-order valence-corrected chi connectivity index (χ3v) is 7.32. The summed E-state index contributed by atoms with van der Waals surface area (Å²) >= 11 is 0. The second kappa shape index (κ2) is 10.6. The number of benzene rings is 1. The highest BCUT2D eigenvalue weighted by atomic mass is 16.5. The molecule has 1 saturated carbocycles. The van der Waals surface area contributed by atoms with E-state index in [-0.39, 0.29) is 6.10 Å². The molecule has 1 aromatic carbocycles. The molecule has 3 aliphatic rings. The van der Waals surface area contributed by atoms with Crippen molar-refractivity contribution in [1.82, 2.24) is 15.5 Å². The molecule has 2 aliphatic heterocycles. The quantitative estimate of drug-likeness (QED) is 0.566. The van der Waals surface area contributed by atoms with E-state index in [1.54, 1.807) is 0 Å². The monoisotopic (exact) mass is 412 g/mol. The van der Waals surface area contributed by atoms with Gasteiger partial charge >= 0.3 is 0 Å². The highest BCUT2D eigenvalue weighted by Crippen LogP contribution is 2.33. The maximum atomic E-state index is 6.19. The van der Waals surface area contributed by atoms with Gasteiger partial charge in [-0.25, -0.2) is 0 Å². The second-order valence-corrected chi connectivity index (χ2v) is 9.45. The molecule has 5 nitrogen and oxygen atoms in total. The molecule has 2 atom stereocenters. The van der Waals surface area contributed by atoms with E-state index < -0.39 is 0 Å². The van der Waals surface area contributed by atoms with Crippen molar-refractivity contribution in [3.05, 3.63) is 35.4 Å². The van der Waals surface area contributed by atoms with Crippen molar-refractivity contribution in [2.24, 2.45) is 10.9 Å². The molecule has 1 aliphatic carbocycles. The topological polar surface area (TPSA) is 48.9 Å². The Bertz CT molecular complexity index is 675. The van der Waals surface area contributed by atoms with Crippen molar-refractivity contribution >= 4 is 5.96 Å². The number of likely N-dealkylation sites (tertiary alicyclic amines) is 1. The van der Waals surface area contributed by atoms with E-state index in [2.05, 4.69) is 51.7 Å². The smallest absolute Gasteiger partial charge is 0.191 e. The van der Waals surface area contributed by atoms with Crippen molar-refractivity contribution in [3.63, 3.8) is 0 Å². The van der Waals surface area contributed by atoms with Crippen LogP contribution < -0.4 is 10.6 Å². The third kappa shape index (κ3) is 5.55. The van der Waals surface area contributed by atoms with E-state index in [0.717, 1.165) is 31.6 Å². The molecule has 0 radical (unpaired) electrons. The first-order valence-electron chi connectivity index (χ1n) is 12.1. The van der Waals surface area contributed by atoms with Crippen molar-refractivity contribution in [2.45, 2.75) is 76.5 Å². The van der Waals surface area contributed by atoms with Crippen molar-refractivity contribution in [3.8, 4) is 0 Å². The van der Waals surface area contributed by atoms with Crippen molar-refractivity contribution in [2.75, 3.05) is 33.3 Å². The van der Waals surface area contributed by atoms with Crippen molar-refractivity contribution < 1.29 is 4.74 Å². The molecule has 2 heterocycles. The van der Waals surface area contributed by atoms with Crippen LogP contribution in [0.2, 0.25) is 0 Å². The Hall–Kier alpha value is -1.59. The van der Waals surface area contributed by atoms with Crippen LogP contribution >= 0.6 is 0 Å². The Morgan fingerprint density at radius 1 is 1.03 bits per heavy atom. The number of piperidine rings is 1. The molecule has 0 spiro atoms. The van der Waals surface area contributed by atoms with Gasteiger partial charge < -0.3 is 20.3 Å². The summed E-state index contributed by atoms with van der Waals surface area (Å²) in [5.41, 5.74) is 2.60. The van der Waals surface area contributed by atoms with Gasteiger partial charge in [0, 0.05) is 51.3 Å². The molecule has 3 fully saturated rings. The van der Waals surface area contributed by atoms with Crippen molar-refractivity contribution in [1.29, 1.82) is 0 Å². The standard InChI is InChI=1S/C25H40N4O/c1-19-9-11-20(12-10-19)24-21(6-5-17-30-24)18-27-25(26-2)28-22-13-15-29(16-14-22)23-7-3-4-8-23/h9-12,21-24H,3-8,13-18H2,1-2H3,(H2,26,27,28). The number of nitrogens with zero attached hydrogens (tertiary/aromatic N) is 2. The molecule has 5 heteroatoms. The van der Waals surface area contributed by atoms with E-state index in [4.69, 9.17) is 4.74 Å². The molecular formula is C25H40N4O. The predicted molar refractivity (Wildman–Crippen MR) is 124 cm³/mol. The van der Waals surface area contributed by atoms with Gasteiger partial charge in [0.05, 0.1) is 6.10 Å². The van der Waals surface area contributed by atoms with Gasteiger partial charge in [-0.1, -0.05) is 42.7 Å². The van der Waals surface area contributed by atoms with E-state index in [1.165, 1.54) is 69.2 Å². The lowest BCUT2D eigenvalue weighted by molar-refractivity contribution is -0.0265. The molecule has 0 aromatic heterocycles. The van der Waals surface area contributed by atoms with Gasteiger partial charge in [-0.05, 0) is 51.0 Å². The summed E-state index contributed by atoms with van der Waals surface area (Å²) in [7, 11) is 1.89. The third-order valence-electron chi connectivity index (χ3n) is 7.32. The highest BCUT2D eigenvalue weighted by molar-refractivity contribution is 5.80. The number of nitrogens with one attached hydrogen (secondary N) is 2. The molecule has 0 bridgehead atoms. The first-order chi connectivity index (χ1) is 14.7. The molecule has 4 rings (SSSR count). The highest BCUT2D eigenvalue weighted by Gasteiger charge is 2.29. The van der Waals surface area contributed by atoms with Crippen LogP contribution in [0.3, 0.4) is 0 Å². The molecule has 0 amide bonds. The number of hydrogen-bond donors (Lipinski definition) is 2. The predicted octanol–water partition coefficient (Wildman–Crippen LogP) is 4.03. The van der Waals surface area contributed by atoms with E-state index in [1.807, 2.05) is 7.05 Å². The zero-order valence-corrected chi connectivity index (χ0v) is 18.9. The molecule has 2 unspecified atom stereocenters. The Kier molecular flexibility index (Phi) is 7.67. The summed E-state index contributed by atoms with van der Waals surface area (Å²) < 4.78 is 6.19. The molecule has 2 saturated heterocycles. The van der Waals surface area contributed by atoms with Crippen LogP contribution in [0.1, 0.15) is 68.6 Å². The van der Waals surface area contributed by atoms with Gasteiger partial charge in [-0.2, -0.15) is 0 Å². The first-order valence-corrected chi connectivity index (χ1v) is 12.1. The lowest BCUT2D eigenvalue weighted by Gasteiger charge is -2.37. The van der Waals surface area contributed by atoms with Crippen LogP contribution in [-0.2, 0) is 4.74 Å². The maximum absolute atomic E-state index is 6.19. The van der Waals surface area contributed by atoms with Crippen LogP contribution in [-0.4, -0.2) is 56.2 Å². The first kappa shape index (κ1) is 21.6. The fourth-order valence-corrected chi connectivity index (χ4v) is 5.47. The van der Waals surface area contributed by atoms with Crippen LogP contribution in [0.5, 0.6) is 0 Å². The van der Waals surface area contributed by atoms with Gasteiger partial charge in [0.1, 0.15) is 0 Å². The number of ether oxygens (including phenoxy) is 1. The minimum Gasteiger partial charge on any atom is -0.373 e. The van der Waals surface area contributed by atoms with E-state index >= 15 is 0 Å². The van der Waals surface area contributed by atoms with Gasteiger partial charge in [0.15, 0.2) is 5.96 Å². The second-order valence-electron chi connectivity index (χ2n) is 9.45. The van der Waals surface area contributed by atoms with Gasteiger partial charge in [0.25, 0.3) is 0 Å². The number of guanidine groups is 1. The summed E-state index contributed by atoms with van der Waals surface area (Å²) in [4.78, 5) is 7.24. The normalized spacial score (nSPS) is 27.3. The minimum absolute atomic E-state index is 0.180. The van der Waals surface area contributed by atoms with E-state index in [9.17, 15) is 0 Å². The minimum atomic E-state index is 0.180. The molecule has 166 valence electrons. The zero-order chi connectivity index (χ0) is 20.8. The summed E-state index contributed by atoms with van der Waals surface area (Å²) in [6, 6.07) is 10.2. The average molecular weight is 413 g/mol. The van der Waals surface area contributed by atoms with Crippen LogP contribution in [0.25, 0.3) is 0 Å². The lowest BCUT2D eigenvalue weighted by atomic mass is 9.89.